The molecule has 0 bridgehead atoms. The van der Waals surface area contributed by atoms with Gasteiger partial charge in [-0.1, -0.05) is 182 Å². The molecule has 0 amide bonds. The number of rotatable bonds is 10. The summed E-state index contributed by atoms with van der Waals surface area (Å²) < 4.78 is 5.35. The van der Waals surface area contributed by atoms with Crippen molar-refractivity contribution in [3.63, 3.8) is 0 Å². The van der Waals surface area contributed by atoms with Crippen molar-refractivity contribution in [2.45, 2.75) is 0 Å². The number of benzene rings is 6. The monoisotopic (exact) mass is 598 g/mol. The Morgan fingerprint density at radius 3 is 0.690 bits per heavy atom. The highest BCUT2D eigenvalue weighted by Gasteiger charge is 2.38. The lowest BCUT2D eigenvalue weighted by molar-refractivity contribution is 0.369. The first kappa shape index (κ1) is 28.6. The minimum atomic E-state index is -0.949. The topological polar surface area (TPSA) is 6.48 Å². The minimum Gasteiger partial charge on any atom is -0.206 e. The van der Waals surface area contributed by atoms with E-state index >= 15 is 0 Å². The van der Waals surface area contributed by atoms with Crippen LogP contribution in [0.4, 0.5) is 0 Å². The molecule has 0 aromatic heterocycles. The van der Waals surface area contributed by atoms with Crippen LogP contribution in [-0.4, -0.2) is 16.4 Å². The second kappa shape index (κ2) is 14.1. The van der Waals surface area contributed by atoms with Crippen LogP contribution in [0, 0.1) is 0 Å². The minimum absolute atomic E-state index is 0.886. The van der Waals surface area contributed by atoms with Gasteiger partial charge in [-0.2, -0.15) is 4.55 Å². The molecule has 0 radical (unpaired) electrons. The van der Waals surface area contributed by atoms with Crippen LogP contribution in [0.15, 0.2) is 182 Å². The van der Waals surface area contributed by atoms with Crippen LogP contribution in [-0.2, 0) is 0 Å². The van der Waals surface area contributed by atoms with Crippen molar-refractivity contribution in [2.24, 2.45) is 0 Å². The van der Waals surface area contributed by atoms with Gasteiger partial charge in [0, 0.05) is 31.3 Å². The Hall–Kier alpha value is -3.47. The Morgan fingerprint density at radius 2 is 0.476 bits per heavy atom. The van der Waals surface area contributed by atoms with Crippen molar-refractivity contribution >= 4 is 56.0 Å². The molecule has 0 saturated heterocycles. The van der Waals surface area contributed by atoms with Gasteiger partial charge in [-0.15, -0.1) is 0 Å². The van der Waals surface area contributed by atoms with Gasteiger partial charge in [-0.3, -0.25) is 0 Å². The second-order valence-corrected chi connectivity index (χ2v) is 16.3. The largest absolute Gasteiger partial charge is 0.206 e. The van der Waals surface area contributed by atoms with Crippen molar-refractivity contribution < 1.29 is 0 Å². The molecule has 0 atom stereocenters. The molecule has 0 aliphatic carbocycles. The predicted molar refractivity (Wildman–Crippen MR) is 187 cm³/mol. The zero-order chi connectivity index (χ0) is 28.6. The van der Waals surface area contributed by atoms with Gasteiger partial charge in [-0.05, 0) is 31.8 Å². The van der Waals surface area contributed by atoms with Crippen LogP contribution < -0.4 is 31.8 Å². The summed E-state index contributed by atoms with van der Waals surface area (Å²) in [5, 5.41) is 8.00. The lowest BCUT2D eigenvalue weighted by atomic mass is 10.4. The molecule has 0 N–H and O–H groups in total. The molecular formula is C37H33N2P3. The molecule has 0 heterocycles. The summed E-state index contributed by atoms with van der Waals surface area (Å²) in [4.78, 5) is 0. The molecule has 0 fully saturated rings. The second-order valence-electron chi connectivity index (χ2n) is 9.71. The highest BCUT2D eigenvalue weighted by molar-refractivity contribution is 7.85. The maximum absolute atomic E-state index is 2.76. The van der Waals surface area contributed by atoms with E-state index in [0.717, 1.165) is 0 Å². The molecule has 0 aliphatic heterocycles. The van der Waals surface area contributed by atoms with Crippen LogP contribution in [0.2, 0.25) is 0 Å². The number of hydrazine groups is 1. The molecule has 6 rings (SSSR count). The third-order valence-corrected chi connectivity index (χ3v) is 15.0. The summed E-state index contributed by atoms with van der Waals surface area (Å²) >= 11 is 0. The van der Waals surface area contributed by atoms with Crippen LogP contribution in [0.1, 0.15) is 0 Å². The fourth-order valence-corrected chi connectivity index (χ4v) is 13.7. The van der Waals surface area contributed by atoms with Crippen molar-refractivity contribution in [1.29, 1.82) is 0 Å². The van der Waals surface area contributed by atoms with Gasteiger partial charge in [0.2, 0.25) is 0 Å². The predicted octanol–water partition coefficient (Wildman–Crippen LogP) is 7.28. The lowest BCUT2D eigenvalue weighted by Crippen LogP contribution is -2.42. The van der Waals surface area contributed by atoms with E-state index in [1.165, 1.54) is 31.8 Å². The van der Waals surface area contributed by atoms with Gasteiger partial charge in [0.05, 0.1) is 0 Å². The van der Waals surface area contributed by atoms with Crippen LogP contribution in [0.25, 0.3) is 0 Å². The third kappa shape index (κ3) is 6.45. The van der Waals surface area contributed by atoms with E-state index in [1.807, 2.05) is 0 Å². The van der Waals surface area contributed by atoms with Crippen molar-refractivity contribution in [2.75, 3.05) is 7.05 Å². The molecule has 0 unspecified atom stereocenters. The molecule has 2 nitrogen and oxygen atoms in total. The molecule has 42 heavy (non-hydrogen) atoms. The van der Waals surface area contributed by atoms with E-state index in [4.69, 9.17) is 0 Å². The zero-order valence-electron chi connectivity index (χ0n) is 23.6. The number of hydrogen-bond acceptors (Lipinski definition) is 2. The molecular weight excluding hydrogens is 565 g/mol. The standard InChI is InChI=1S/C37H33N2P3/c1-38(40(32-20-8-2-9-21-32)33-22-10-3-11-23-33)39(41(34-24-12-4-13-25-34)35-26-14-5-15-27-35)42(36-28-16-6-17-29-36)37-30-18-7-19-31-37/h2-31H,1H3. The summed E-state index contributed by atoms with van der Waals surface area (Å²) in [5.41, 5.74) is 0. The fourth-order valence-electron chi connectivity index (χ4n) is 5.04. The molecule has 0 spiro atoms. The molecule has 5 heteroatoms. The van der Waals surface area contributed by atoms with Crippen LogP contribution >= 0.6 is 24.2 Å². The van der Waals surface area contributed by atoms with Crippen LogP contribution in [0.5, 0.6) is 0 Å². The first-order valence-electron chi connectivity index (χ1n) is 14.1. The first-order chi connectivity index (χ1) is 20.8. The normalized spacial score (nSPS) is 11.6. The van der Waals surface area contributed by atoms with Gasteiger partial charge in [0.25, 0.3) is 0 Å². The smallest absolute Gasteiger partial charge is 0.0493 e. The summed E-state index contributed by atoms with van der Waals surface area (Å²) in [6.07, 6.45) is 0. The quantitative estimate of drug-likeness (QED) is 0.121. The van der Waals surface area contributed by atoms with Gasteiger partial charge in [0.15, 0.2) is 0 Å². The Kier molecular flexibility index (Phi) is 9.64. The van der Waals surface area contributed by atoms with E-state index < -0.39 is 24.2 Å². The van der Waals surface area contributed by atoms with E-state index in [2.05, 4.69) is 198 Å². The zero-order valence-corrected chi connectivity index (χ0v) is 26.2. The lowest BCUT2D eigenvalue weighted by Gasteiger charge is -2.46. The van der Waals surface area contributed by atoms with Gasteiger partial charge >= 0.3 is 0 Å². The van der Waals surface area contributed by atoms with E-state index in [1.54, 1.807) is 0 Å². The summed E-state index contributed by atoms with van der Waals surface area (Å²) in [5.74, 6) is 0. The maximum Gasteiger partial charge on any atom is 0.0493 e. The Balaban J connectivity index is 1.64. The average Bonchev–Trinajstić information content (AvgIpc) is 3.07. The summed E-state index contributed by atoms with van der Waals surface area (Å²) in [6, 6.07) is 66.3. The highest BCUT2D eigenvalue weighted by Crippen LogP contribution is 2.59. The highest BCUT2D eigenvalue weighted by atomic mass is 31.2. The van der Waals surface area contributed by atoms with Gasteiger partial charge < -0.3 is 0 Å². The Bertz CT molecular complexity index is 1440. The van der Waals surface area contributed by atoms with Gasteiger partial charge in [0.1, 0.15) is 0 Å². The molecule has 0 aliphatic rings. The molecule has 206 valence electrons. The van der Waals surface area contributed by atoms with Crippen molar-refractivity contribution in [3.8, 4) is 0 Å². The van der Waals surface area contributed by atoms with E-state index in [9.17, 15) is 0 Å². The Labute approximate surface area is 253 Å². The van der Waals surface area contributed by atoms with Gasteiger partial charge in [-0.25, -0.2) is 4.78 Å². The fraction of sp³-hybridized carbons (Fsp3) is 0.0270. The molecule has 6 aromatic rings. The van der Waals surface area contributed by atoms with E-state index in [0.29, 0.717) is 0 Å². The van der Waals surface area contributed by atoms with E-state index in [-0.39, 0.29) is 0 Å². The van der Waals surface area contributed by atoms with Crippen molar-refractivity contribution in [3.05, 3.63) is 182 Å². The molecule has 0 saturated carbocycles. The van der Waals surface area contributed by atoms with Crippen LogP contribution in [0.3, 0.4) is 0 Å². The summed E-state index contributed by atoms with van der Waals surface area (Å²) in [6.45, 7) is 0. The molecule has 6 aromatic carbocycles. The summed E-state index contributed by atoms with van der Waals surface area (Å²) in [7, 11) is -0.471. The average molecular weight is 599 g/mol. The SMILES string of the molecule is CN(N(P(c1ccccc1)c1ccccc1)P(c1ccccc1)c1ccccc1)P(c1ccccc1)c1ccccc1. The Morgan fingerprint density at radius 1 is 0.286 bits per heavy atom. The maximum atomic E-state index is 2.76. The van der Waals surface area contributed by atoms with Crippen molar-refractivity contribution in [1.82, 2.24) is 9.33 Å². The number of hydrogen-bond donors (Lipinski definition) is 0. The first-order valence-corrected chi connectivity index (χ1v) is 17.9. The third-order valence-electron chi connectivity index (χ3n) is 6.91. The number of nitrogens with zero attached hydrogens (tertiary/aromatic N) is 2.